The van der Waals surface area contributed by atoms with E-state index in [4.69, 9.17) is 0 Å². The third-order valence-corrected chi connectivity index (χ3v) is 3.03. The van der Waals surface area contributed by atoms with E-state index in [2.05, 4.69) is 36.0 Å². The van der Waals surface area contributed by atoms with E-state index >= 15 is 0 Å². The molecule has 2 heterocycles. The van der Waals surface area contributed by atoms with Crippen molar-refractivity contribution in [2.24, 2.45) is 0 Å². The zero-order valence-corrected chi connectivity index (χ0v) is 10.9. The van der Waals surface area contributed by atoms with E-state index in [-0.39, 0.29) is 11.4 Å². The van der Waals surface area contributed by atoms with E-state index in [1.165, 1.54) is 0 Å². The first-order valence-corrected chi connectivity index (χ1v) is 5.92. The summed E-state index contributed by atoms with van der Waals surface area (Å²) in [7, 11) is 0. The summed E-state index contributed by atoms with van der Waals surface area (Å²) in [6.07, 6.45) is 2.30. The zero-order valence-electron chi connectivity index (χ0n) is 10.9. The number of aromatic nitrogens is 1. The molecule has 0 aliphatic carbocycles. The first kappa shape index (κ1) is 11.9. The monoisotopic (exact) mass is 233 g/mol. The lowest BCUT2D eigenvalue weighted by atomic mass is 10.1. The second-order valence-electron chi connectivity index (χ2n) is 5.45. The molecule has 4 heteroatoms. The van der Waals surface area contributed by atoms with Gasteiger partial charge < -0.3 is 10.2 Å². The van der Waals surface area contributed by atoms with Gasteiger partial charge in [-0.2, -0.15) is 0 Å². The van der Waals surface area contributed by atoms with E-state index in [1.807, 2.05) is 13.0 Å². The molecule has 17 heavy (non-hydrogen) atoms. The van der Waals surface area contributed by atoms with Crippen molar-refractivity contribution in [2.45, 2.75) is 39.7 Å². The molecule has 1 aromatic rings. The van der Waals surface area contributed by atoms with Gasteiger partial charge in [0.05, 0.1) is 5.69 Å². The average Bonchev–Trinajstić information content (AvgIpc) is 2.37. The molecule has 92 valence electrons. The van der Waals surface area contributed by atoms with Gasteiger partial charge in [-0.1, -0.05) is 0 Å². The van der Waals surface area contributed by atoms with Crippen LogP contribution in [0.25, 0.3) is 0 Å². The number of hydrogen-bond acceptors (Lipinski definition) is 3. The van der Waals surface area contributed by atoms with Gasteiger partial charge in [-0.05, 0) is 39.3 Å². The summed E-state index contributed by atoms with van der Waals surface area (Å²) in [5, 5.41) is 2.95. The smallest absolute Gasteiger partial charge is 0.226 e. The Morgan fingerprint density at radius 2 is 2.12 bits per heavy atom. The second-order valence-corrected chi connectivity index (χ2v) is 5.45. The quantitative estimate of drug-likeness (QED) is 0.748. The number of hydrogen-bond donors (Lipinski definition) is 1. The molecule has 1 aliphatic heterocycles. The lowest BCUT2D eigenvalue weighted by Gasteiger charge is -2.36. The maximum Gasteiger partial charge on any atom is 0.226 e. The molecule has 0 bridgehead atoms. The third kappa shape index (κ3) is 2.25. The topological polar surface area (TPSA) is 45.2 Å². The van der Waals surface area contributed by atoms with Crippen LogP contribution in [0.5, 0.6) is 0 Å². The molecule has 0 unspecified atom stereocenters. The van der Waals surface area contributed by atoms with Crippen LogP contribution in [-0.4, -0.2) is 23.0 Å². The normalized spacial score (nSPS) is 16.2. The van der Waals surface area contributed by atoms with Crippen LogP contribution in [0.15, 0.2) is 12.3 Å². The molecule has 1 amide bonds. The Hall–Kier alpha value is -1.58. The van der Waals surface area contributed by atoms with Gasteiger partial charge in [0.15, 0.2) is 5.82 Å². The number of nitrogens with zero attached hydrogens (tertiary/aromatic N) is 2. The minimum Gasteiger partial charge on any atom is -0.350 e. The van der Waals surface area contributed by atoms with Crippen LogP contribution < -0.4 is 10.2 Å². The third-order valence-electron chi connectivity index (χ3n) is 3.03. The Labute approximate surface area is 102 Å². The minimum absolute atomic E-state index is 0.0398. The summed E-state index contributed by atoms with van der Waals surface area (Å²) in [6.45, 7) is 9.11. The molecule has 1 aromatic heterocycles. The highest BCUT2D eigenvalue weighted by atomic mass is 16.1. The number of carbonyl (C=O) groups is 1. The Kier molecular flexibility index (Phi) is 2.81. The fraction of sp³-hybridized carbons (Fsp3) is 0.538. The van der Waals surface area contributed by atoms with Crippen LogP contribution in [0.4, 0.5) is 11.5 Å². The molecular weight excluding hydrogens is 214 g/mol. The summed E-state index contributed by atoms with van der Waals surface area (Å²) in [5.41, 5.74) is 1.87. The van der Waals surface area contributed by atoms with Gasteiger partial charge in [-0.3, -0.25) is 4.79 Å². The molecule has 0 saturated heterocycles. The highest BCUT2D eigenvalue weighted by Gasteiger charge is 2.29. The van der Waals surface area contributed by atoms with E-state index in [1.54, 1.807) is 6.20 Å². The summed E-state index contributed by atoms with van der Waals surface area (Å²) in [4.78, 5) is 18.3. The number of aryl methyl sites for hydroxylation is 1. The number of anilines is 2. The van der Waals surface area contributed by atoms with Crippen LogP contribution in [0, 0.1) is 6.92 Å². The molecule has 2 rings (SSSR count). The maximum absolute atomic E-state index is 11.7. The van der Waals surface area contributed by atoms with Crippen molar-refractivity contribution < 1.29 is 4.79 Å². The first-order valence-electron chi connectivity index (χ1n) is 5.92. The second kappa shape index (κ2) is 4.02. The van der Waals surface area contributed by atoms with Crippen LogP contribution >= 0.6 is 0 Å². The molecule has 0 saturated carbocycles. The van der Waals surface area contributed by atoms with Gasteiger partial charge in [-0.25, -0.2) is 4.98 Å². The predicted octanol–water partition coefficient (Wildman–Crippen LogP) is 2.34. The number of amides is 1. The van der Waals surface area contributed by atoms with Crippen LogP contribution in [-0.2, 0) is 4.79 Å². The van der Waals surface area contributed by atoms with Gasteiger partial charge in [-0.15, -0.1) is 0 Å². The van der Waals surface area contributed by atoms with Crippen molar-refractivity contribution in [1.82, 2.24) is 4.98 Å². The Bertz CT molecular complexity index is 448. The summed E-state index contributed by atoms with van der Waals surface area (Å²) in [5.74, 6) is 0.942. The van der Waals surface area contributed by atoms with Gasteiger partial charge in [0.1, 0.15) is 0 Å². The summed E-state index contributed by atoms with van der Waals surface area (Å²) in [6, 6.07) is 1.92. The largest absolute Gasteiger partial charge is 0.350 e. The van der Waals surface area contributed by atoms with Gasteiger partial charge in [0.2, 0.25) is 5.91 Å². The van der Waals surface area contributed by atoms with Gasteiger partial charge >= 0.3 is 0 Å². The van der Waals surface area contributed by atoms with Crippen molar-refractivity contribution in [3.05, 3.63) is 17.8 Å². The number of rotatable bonds is 0. The van der Waals surface area contributed by atoms with Gasteiger partial charge in [0, 0.05) is 24.7 Å². The summed E-state index contributed by atoms with van der Waals surface area (Å²) < 4.78 is 0. The molecule has 1 N–H and O–H groups in total. The van der Waals surface area contributed by atoms with Crippen LogP contribution in [0.1, 0.15) is 32.8 Å². The Balaban J connectivity index is 2.54. The van der Waals surface area contributed by atoms with E-state index < -0.39 is 0 Å². The molecule has 1 aliphatic rings. The fourth-order valence-electron chi connectivity index (χ4n) is 2.08. The lowest BCUT2D eigenvalue weighted by Crippen LogP contribution is -2.42. The summed E-state index contributed by atoms with van der Waals surface area (Å²) >= 11 is 0. The lowest BCUT2D eigenvalue weighted by molar-refractivity contribution is -0.116. The van der Waals surface area contributed by atoms with Crippen LogP contribution in [0.2, 0.25) is 0 Å². The molecule has 0 spiro atoms. The number of pyridine rings is 1. The van der Waals surface area contributed by atoms with Crippen LogP contribution in [0.3, 0.4) is 0 Å². The SMILES string of the molecule is Cc1ccnc2c1NC(=O)CCN2C(C)(C)C. The number of fused-ring (bicyclic) bond motifs is 1. The molecular formula is C13H19N3O. The van der Waals surface area contributed by atoms with E-state index in [9.17, 15) is 4.79 Å². The van der Waals surface area contributed by atoms with Crippen molar-refractivity contribution in [3.63, 3.8) is 0 Å². The molecule has 0 fully saturated rings. The fourth-order valence-corrected chi connectivity index (χ4v) is 2.08. The predicted molar refractivity (Wildman–Crippen MR) is 69.3 cm³/mol. The van der Waals surface area contributed by atoms with Crippen molar-refractivity contribution >= 4 is 17.4 Å². The van der Waals surface area contributed by atoms with Crippen molar-refractivity contribution in [2.75, 3.05) is 16.8 Å². The van der Waals surface area contributed by atoms with E-state index in [0.29, 0.717) is 13.0 Å². The maximum atomic E-state index is 11.7. The molecule has 0 atom stereocenters. The van der Waals surface area contributed by atoms with Crippen molar-refractivity contribution in [1.29, 1.82) is 0 Å². The highest BCUT2D eigenvalue weighted by molar-refractivity contribution is 5.96. The Morgan fingerprint density at radius 1 is 1.41 bits per heavy atom. The number of carbonyl (C=O) groups excluding carboxylic acids is 1. The zero-order chi connectivity index (χ0) is 12.6. The highest BCUT2D eigenvalue weighted by Crippen LogP contribution is 2.33. The molecule has 0 aromatic carbocycles. The molecule has 0 radical (unpaired) electrons. The van der Waals surface area contributed by atoms with E-state index in [0.717, 1.165) is 17.1 Å². The Morgan fingerprint density at radius 3 is 2.76 bits per heavy atom. The minimum atomic E-state index is -0.0398. The van der Waals surface area contributed by atoms with Crippen molar-refractivity contribution in [3.8, 4) is 0 Å². The first-order chi connectivity index (χ1) is 7.89. The average molecular weight is 233 g/mol. The molecule has 4 nitrogen and oxygen atoms in total. The standard InChI is InChI=1S/C13H19N3O/c1-9-5-7-14-12-11(9)15-10(17)6-8-16(12)13(2,3)4/h5,7H,6,8H2,1-4H3,(H,15,17). The van der Waals surface area contributed by atoms with Gasteiger partial charge in [0.25, 0.3) is 0 Å². The number of nitrogens with one attached hydrogen (secondary N) is 1.